The molecule has 0 saturated heterocycles. The Morgan fingerprint density at radius 2 is 2.05 bits per heavy atom. The largest absolute Gasteiger partial charge is 0.460 e. The first-order valence-corrected chi connectivity index (χ1v) is 7.47. The number of benzene rings is 1. The van der Waals surface area contributed by atoms with Crippen LogP contribution in [0.5, 0.6) is 0 Å². The van der Waals surface area contributed by atoms with Crippen LogP contribution in [0.3, 0.4) is 0 Å². The molecule has 0 heterocycles. The Morgan fingerprint density at radius 1 is 1.25 bits per heavy atom. The Bertz CT molecular complexity index is 399. The molecule has 0 spiro atoms. The van der Waals surface area contributed by atoms with Crippen molar-refractivity contribution in [3.63, 3.8) is 0 Å². The van der Waals surface area contributed by atoms with Gasteiger partial charge in [0, 0.05) is 6.61 Å². The fraction of sp³-hybridized carbons (Fsp3) is 0.588. The van der Waals surface area contributed by atoms with Gasteiger partial charge in [-0.2, -0.15) is 0 Å². The maximum Gasteiger partial charge on any atom is 0.338 e. The predicted molar refractivity (Wildman–Crippen MR) is 81.0 cm³/mol. The van der Waals surface area contributed by atoms with Crippen LogP contribution in [0.1, 0.15) is 49.5 Å². The number of carbonyl (C=O) groups excluding carboxylic acids is 1. The number of aryl methyl sites for hydroxylation is 1. The summed E-state index contributed by atoms with van der Waals surface area (Å²) < 4.78 is 10.6. The molecule has 0 fully saturated rings. The number of unbranched alkanes of at least 4 members (excludes halogenated alkanes) is 1. The first-order chi connectivity index (χ1) is 9.63. The lowest BCUT2D eigenvalue weighted by Crippen LogP contribution is -2.13. The summed E-state index contributed by atoms with van der Waals surface area (Å²) in [6, 6.07) is 7.69. The van der Waals surface area contributed by atoms with E-state index < -0.39 is 0 Å². The summed E-state index contributed by atoms with van der Waals surface area (Å²) in [6.07, 6.45) is 3.30. The number of carbonyl (C=O) groups is 1. The van der Waals surface area contributed by atoms with Gasteiger partial charge < -0.3 is 9.47 Å². The molecule has 1 aromatic carbocycles. The van der Waals surface area contributed by atoms with E-state index in [9.17, 15) is 4.79 Å². The summed E-state index contributed by atoms with van der Waals surface area (Å²) in [7, 11) is 0. The Labute approximate surface area is 122 Å². The van der Waals surface area contributed by atoms with Gasteiger partial charge in [0.2, 0.25) is 0 Å². The Kier molecular flexibility index (Phi) is 7.97. The first-order valence-electron chi connectivity index (χ1n) is 7.47. The molecule has 0 bridgehead atoms. The third-order valence-corrected chi connectivity index (χ3v) is 2.89. The highest BCUT2D eigenvalue weighted by molar-refractivity contribution is 5.89. The smallest absolute Gasteiger partial charge is 0.338 e. The van der Waals surface area contributed by atoms with Crippen molar-refractivity contribution in [3.8, 4) is 0 Å². The number of ether oxygens (including phenoxy) is 2. The summed E-state index contributed by atoms with van der Waals surface area (Å²) in [4.78, 5) is 11.9. The molecule has 1 rings (SSSR count). The van der Waals surface area contributed by atoms with Crippen LogP contribution in [0.15, 0.2) is 24.3 Å². The van der Waals surface area contributed by atoms with Gasteiger partial charge in [-0.25, -0.2) is 4.79 Å². The van der Waals surface area contributed by atoms with E-state index in [1.165, 1.54) is 5.56 Å². The average molecular weight is 278 g/mol. The molecule has 112 valence electrons. The number of esters is 1. The average Bonchev–Trinajstić information content (AvgIpc) is 2.44. The summed E-state index contributed by atoms with van der Waals surface area (Å²) in [5.41, 5.74) is 1.82. The Balaban J connectivity index is 2.35. The lowest BCUT2D eigenvalue weighted by molar-refractivity contribution is 0.0277. The minimum Gasteiger partial charge on any atom is -0.460 e. The quantitative estimate of drug-likeness (QED) is 0.508. The summed E-state index contributed by atoms with van der Waals surface area (Å²) in [6.45, 7) is 7.81. The molecular weight excluding hydrogens is 252 g/mol. The van der Waals surface area contributed by atoms with E-state index in [2.05, 4.69) is 26.8 Å². The monoisotopic (exact) mass is 278 g/mol. The van der Waals surface area contributed by atoms with E-state index in [1.807, 2.05) is 12.1 Å². The van der Waals surface area contributed by atoms with Crippen molar-refractivity contribution >= 4 is 5.97 Å². The molecule has 0 N–H and O–H groups in total. The number of hydrogen-bond acceptors (Lipinski definition) is 3. The van der Waals surface area contributed by atoms with Gasteiger partial charge in [-0.3, -0.25) is 0 Å². The van der Waals surface area contributed by atoms with Gasteiger partial charge in [-0.05, 0) is 36.5 Å². The van der Waals surface area contributed by atoms with Gasteiger partial charge in [0.25, 0.3) is 0 Å². The van der Waals surface area contributed by atoms with Gasteiger partial charge in [-0.15, -0.1) is 0 Å². The highest BCUT2D eigenvalue weighted by atomic mass is 16.6. The van der Waals surface area contributed by atoms with Crippen LogP contribution < -0.4 is 0 Å². The lowest BCUT2D eigenvalue weighted by atomic mass is 10.1. The second kappa shape index (κ2) is 9.54. The van der Waals surface area contributed by atoms with Gasteiger partial charge in [0.1, 0.15) is 6.61 Å². The van der Waals surface area contributed by atoms with E-state index in [0.717, 1.165) is 19.3 Å². The number of hydrogen-bond donors (Lipinski definition) is 0. The maximum absolute atomic E-state index is 11.9. The van der Waals surface area contributed by atoms with Crippen LogP contribution in [-0.2, 0) is 15.9 Å². The van der Waals surface area contributed by atoms with E-state index >= 15 is 0 Å². The topological polar surface area (TPSA) is 35.5 Å². The molecule has 3 heteroatoms. The highest BCUT2D eigenvalue weighted by Crippen LogP contribution is 2.10. The minimum atomic E-state index is -0.267. The number of rotatable bonds is 9. The molecule has 0 saturated carbocycles. The maximum atomic E-state index is 11.9. The molecule has 0 aliphatic carbocycles. The fourth-order valence-electron chi connectivity index (χ4n) is 1.83. The molecule has 0 atom stereocenters. The standard InChI is InChI=1S/C17H26O3/c1-4-5-7-15-8-6-9-16(12-15)17(18)20-11-10-19-13-14(2)3/h6,8-9,12,14H,4-5,7,10-11,13H2,1-3H3. The lowest BCUT2D eigenvalue weighted by Gasteiger charge is -2.08. The zero-order valence-corrected chi connectivity index (χ0v) is 12.9. The van der Waals surface area contributed by atoms with Gasteiger partial charge in [0.05, 0.1) is 12.2 Å². The van der Waals surface area contributed by atoms with Gasteiger partial charge in [0.15, 0.2) is 0 Å². The minimum absolute atomic E-state index is 0.267. The third-order valence-electron chi connectivity index (χ3n) is 2.89. The second-order valence-corrected chi connectivity index (χ2v) is 5.41. The highest BCUT2D eigenvalue weighted by Gasteiger charge is 2.07. The fourth-order valence-corrected chi connectivity index (χ4v) is 1.83. The Morgan fingerprint density at radius 3 is 2.75 bits per heavy atom. The first kappa shape index (κ1) is 16.7. The van der Waals surface area contributed by atoms with Gasteiger partial charge >= 0.3 is 5.97 Å². The van der Waals surface area contributed by atoms with E-state index in [4.69, 9.17) is 9.47 Å². The summed E-state index contributed by atoms with van der Waals surface area (Å²) in [5, 5.41) is 0. The van der Waals surface area contributed by atoms with Crippen LogP contribution in [-0.4, -0.2) is 25.8 Å². The van der Waals surface area contributed by atoms with Crippen LogP contribution in [0, 0.1) is 5.92 Å². The van der Waals surface area contributed by atoms with Crippen molar-refractivity contribution < 1.29 is 14.3 Å². The molecule has 20 heavy (non-hydrogen) atoms. The van der Waals surface area contributed by atoms with Crippen molar-refractivity contribution in [1.29, 1.82) is 0 Å². The third kappa shape index (κ3) is 6.71. The summed E-state index contributed by atoms with van der Waals surface area (Å²) >= 11 is 0. The summed E-state index contributed by atoms with van der Waals surface area (Å²) in [5.74, 6) is 0.234. The van der Waals surface area contributed by atoms with Crippen LogP contribution in [0.4, 0.5) is 0 Å². The normalized spacial score (nSPS) is 10.8. The molecule has 1 aromatic rings. The van der Waals surface area contributed by atoms with Crippen molar-refractivity contribution in [2.75, 3.05) is 19.8 Å². The molecule has 0 aromatic heterocycles. The second-order valence-electron chi connectivity index (χ2n) is 5.41. The molecule has 0 aliphatic heterocycles. The predicted octanol–water partition coefficient (Wildman–Crippen LogP) is 3.86. The molecule has 0 aliphatic rings. The molecular formula is C17H26O3. The van der Waals surface area contributed by atoms with Crippen molar-refractivity contribution in [1.82, 2.24) is 0 Å². The molecule has 0 unspecified atom stereocenters. The van der Waals surface area contributed by atoms with Crippen molar-refractivity contribution in [3.05, 3.63) is 35.4 Å². The van der Waals surface area contributed by atoms with Crippen LogP contribution in [0.2, 0.25) is 0 Å². The SMILES string of the molecule is CCCCc1cccc(C(=O)OCCOCC(C)C)c1. The van der Waals surface area contributed by atoms with Crippen molar-refractivity contribution in [2.45, 2.75) is 40.0 Å². The van der Waals surface area contributed by atoms with E-state index in [1.54, 1.807) is 6.07 Å². The zero-order chi connectivity index (χ0) is 14.8. The Hall–Kier alpha value is -1.35. The molecule has 0 amide bonds. The molecule has 3 nitrogen and oxygen atoms in total. The van der Waals surface area contributed by atoms with Crippen LogP contribution in [0.25, 0.3) is 0 Å². The molecule has 0 radical (unpaired) electrons. The van der Waals surface area contributed by atoms with E-state index in [-0.39, 0.29) is 5.97 Å². The van der Waals surface area contributed by atoms with Crippen LogP contribution >= 0.6 is 0 Å². The van der Waals surface area contributed by atoms with E-state index in [0.29, 0.717) is 31.3 Å². The van der Waals surface area contributed by atoms with Crippen molar-refractivity contribution in [2.24, 2.45) is 5.92 Å². The zero-order valence-electron chi connectivity index (χ0n) is 12.9. The van der Waals surface area contributed by atoms with Gasteiger partial charge in [-0.1, -0.05) is 39.3 Å².